The van der Waals surface area contributed by atoms with Crippen LogP contribution in [0.15, 0.2) is 24.3 Å². The van der Waals surface area contributed by atoms with Crippen LogP contribution < -0.4 is 11.1 Å². The van der Waals surface area contributed by atoms with Crippen LogP contribution >= 0.6 is 11.6 Å². The van der Waals surface area contributed by atoms with Gasteiger partial charge in [0.2, 0.25) is 0 Å². The number of carbonyl (C=O) groups is 1. The number of benzene rings is 1. The number of halogens is 1. The average Bonchev–Trinajstić information content (AvgIpc) is 3.03. The van der Waals surface area contributed by atoms with Gasteiger partial charge in [-0.1, -0.05) is 43.7 Å². The van der Waals surface area contributed by atoms with Crippen molar-refractivity contribution in [1.29, 1.82) is 0 Å². The molecule has 1 amide bonds. The Labute approximate surface area is 147 Å². The molecular formula is C17H24ClN5O. The van der Waals surface area contributed by atoms with Crippen LogP contribution in [-0.2, 0) is 6.42 Å². The van der Waals surface area contributed by atoms with E-state index in [1.807, 2.05) is 32.9 Å². The van der Waals surface area contributed by atoms with Crippen LogP contribution in [0.3, 0.4) is 0 Å². The quantitative estimate of drug-likeness (QED) is 0.804. The number of carbonyl (C=O) groups excluding carboxylic acids is 1. The smallest absolute Gasteiger partial charge is 0.273 e. The molecule has 3 N–H and O–H groups in total. The molecule has 2 aromatic rings. The van der Waals surface area contributed by atoms with Crippen molar-refractivity contribution in [2.45, 2.75) is 45.6 Å². The Morgan fingerprint density at radius 1 is 1.33 bits per heavy atom. The summed E-state index contributed by atoms with van der Waals surface area (Å²) in [5, 5.41) is 11.7. The highest BCUT2D eigenvalue weighted by Gasteiger charge is 2.24. The monoisotopic (exact) mass is 349 g/mol. The predicted octanol–water partition coefficient (Wildman–Crippen LogP) is 2.73. The van der Waals surface area contributed by atoms with Gasteiger partial charge in [-0.3, -0.25) is 4.79 Å². The van der Waals surface area contributed by atoms with Crippen molar-refractivity contribution in [1.82, 2.24) is 20.3 Å². The van der Waals surface area contributed by atoms with E-state index in [4.69, 9.17) is 17.3 Å². The van der Waals surface area contributed by atoms with Gasteiger partial charge in [0.15, 0.2) is 5.69 Å². The zero-order valence-corrected chi connectivity index (χ0v) is 15.1. The molecule has 24 heavy (non-hydrogen) atoms. The molecular weight excluding hydrogens is 326 g/mol. The zero-order chi connectivity index (χ0) is 17.7. The fourth-order valence-electron chi connectivity index (χ4n) is 2.45. The van der Waals surface area contributed by atoms with Gasteiger partial charge in [-0.05, 0) is 37.5 Å². The molecule has 0 aliphatic heterocycles. The fourth-order valence-corrected chi connectivity index (χ4v) is 2.64. The van der Waals surface area contributed by atoms with Gasteiger partial charge in [0, 0.05) is 17.1 Å². The van der Waals surface area contributed by atoms with Gasteiger partial charge in [-0.2, -0.15) is 0 Å². The van der Waals surface area contributed by atoms with E-state index < -0.39 is 5.54 Å². The van der Waals surface area contributed by atoms with E-state index in [1.165, 1.54) is 0 Å². The molecule has 7 heteroatoms. The molecule has 0 saturated carbocycles. The molecule has 2 rings (SSSR count). The number of hydrogen-bond donors (Lipinski definition) is 2. The lowest BCUT2D eigenvalue weighted by Crippen LogP contribution is -2.49. The van der Waals surface area contributed by atoms with Gasteiger partial charge in [-0.15, -0.1) is 5.10 Å². The second-order valence-electron chi connectivity index (χ2n) is 5.88. The van der Waals surface area contributed by atoms with E-state index in [2.05, 4.69) is 15.6 Å². The summed E-state index contributed by atoms with van der Waals surface area (Å²) in [5.74, 6) is -0.253. The van der Waals surface area contributed by atoms with E-state index in [0.717, 1.165) is 24.2 Å². The lowest BCUT2D eigenvalue weighted by atomic mass is 9.94. The number of nitrogens with zero attached hydrogens (tertiary/aromatic N) is 3. The third-order valence-electron chi connectivity index (χ3n) is 4.38. The van der Waals surface area contributed by atoms with E-state index in [0.29, 0.717) is 23.7 Å². The molecule has 0 aliphatic rings. The van der Waals surface area contributed by atoms with Crippen molar-refractivity contribution in [2.24, 2.45) is 5.73 Å². The van der Waals surface area contributed by atoms with Crippen LogP contribution in [0, 0.1) is 0 Å². The molecule has 0 radical (unpaired) electrons. The Morgan fingerprint density at radius 3 is 2.62 bits per heavy atom. The summed E-state index contributed by atoms with van der Waals surface area (Å²) in [4.78, 5) is 12.5. The minimum atomic E-state index is -0.398. The highest BCUT2D eigenvalue weighted by Crippen LogP contribution is 2.18. The largest absolute Gasteiger partial charge is 0.349 e. The fraction of sp³-hybridized carbons (Fsp3) is 0.471. The topological polar surface area (TPSA) is 85.8 Å². The SMILES string of the molecule is CCc1c(C(=O)NCC(N)(CC)CC)nnn1-c1cccc(Cl)c1. The summed E-state index contributed by atoms with van der Waals surface area (Å²) in [6.45, 7) is 6.40. The average molecular weight is 350 g/mol. The molecule has 0 bridgehead atoms. The summed E-state index contributed by atoms with van der Waals surface area (Å²) in [6.07, 6.45) is 2.21. The van der Waals surface area contributed by atoms with Crippen molar-refractivity contribution < 1.29 is 4.79 Å². The van der Waals surface area contributed by atoms with Crippen LogP contribution in [0.4, 0.5) is 0 Å². The Hall–Kier alpha value is -1.92. The first-order chi connectivity index (χ1) is 11.4. The van der Waals surface area contributed by atoms with Gasteiger partial charge < -0.3 is 11.1 Å². The van der Waals surface area contributed by atoms with Crippen molar-refractivity contribution in [3.8, 4) is 5.69 Å². The summed E-state index contributed by atoms with van der Waals surface area (Å²) in [5.41, 5.74) is 7.68. The van der Waals surface area contributed by atoms with Gasteiger partial charge >= 0.3 is 0 Å². The molecule has 1 aromatic heterocycles. The molecule has 0 fully saturated rings. The second-order valence-corrected chi connectivity index (χ2v) is 6.32. The number of aromatic nitrogens is 3. The standard InChI is InChI=1S/C17H24ClN5O/c1-4-14-15(16(24)20-11-17(19,5-2)6-3)21-22-23(14)13-9-7-8-12(18)10-13/h7-10H,4-6,11,19H2,1-3H3,(H,20,24). The summed E-state index contributed by atoms with van der Waals surface area (Å²) >= 11 is 6.04. The first-order valence-electron chi connectivity index (χ1n) is 8.21. The Kier molecular flexibility index (Phi) is 5.96. The normalized spacial score (nSPS) is 11.5. The highest BCUT2D eigenvalue weighted by atomic mass is 35.5. The number of nitrogens with two attached hydrogens (primary N) is 1. The minimum Gasteiger partial charge on any atom is -0.349 e. The van der Waals surface area contributed by atoms with Crippen LogP contribution in [0.5, 0.6) is 0 Å². The summed E-state index contributed by atoms with van der Waals surface area (Å²) < 4.78 is 1.65. The molecule has 6 nitrogen and oxygen atoms in total. The summed E-state index contributed by atoms with van der Waals surface area (Å²) in [7, 11) is 0. The van der Waals surface area contributed by atoms with Crippen molar-refractivity contribution in [3.05, 3.63) is 40.7 Å². The molecule has 130 valence electrons. The first kappa shape index (κ1) is 18.4. The number of nitrogens with one attached hydrogen (secondary N) is 1. The van der Waals surface area contributed by atoms with Crippen LogP contribution in [0.25, 0.3) is 5.69 Å². The van der Waals surface area contributed by atoms with E-state index in [9.17, 15) is 4.79 Å². The Balaban J connectivity index is 2.24. The highest BCUT2D eigenvalue weighted by molar-refractivity contribution is 6.30. The lowest BCUT2D eigenvalue weighted by molar-refractivity contribution is 0.0936. The molecule has 1 heterocycles. The first-order valence-corrected chi connectivity index (χ1v) is 8.59. The van der Waals surface area contributed by atoms with E-state index in [1.54, 1.807) is 16.8 Å². The Morgan fingerprint density at radius 2 is 2.04 bits per heavy atom. The van der Waals surface area contributed by atoms with E-state index >= 15 is 0 Å². The van der Waals surface area contributed by atoms with Crippen LogP contribution in [0.1, 0.15) is 49.8 Å². The van der Waals surface area contributed by atoms with Crippen molar-refractivity contribution in [3.63, 3.8) is 0 Å². The van der Waals surface area contributed by atoms with E-state index in [-0.39, 0.29) is 5.91 Å². The van der Waals surface area contributed by atoms with Crippen molar-refractivity contribution >= 4 is 17.5 Å². The number of amides is 1. The molecule has 0 unspecified atom stereocenters. The third-order valence-corrected chi connectivity index (χ3v) is 4.61. The maximum atomic E-state index is 12.5. The molecule has 0 spiro atoms. The third kappa shape index (κ3) is 3.94. The number of rotatable bonds is 7. The molecule has 0 aliphatic carbocycles. The van der Waals surface area contributed by atoms with Crippen LogP contribution in [-0.4, -0.2) is 33.0 Å². The lowest BCUT2D eigenvalue weighted by Gasteiger charge is -2.26. The maximum Gasteiger partial charge on any atom is 0.273 e. The maximum absolute atomic E-state index is 12.5. The van der Waals surface area contributed by atoms with Gasteiger partial charge in [0.1, 0.15) is 0 Å². The second kappa shape index (κ2) is 7.77. The predicted molar refractivity (Wildman–Crippen MR) is 95.6 cm³/mol. The molecule has 0 atom stereocenters. The minimum absolute atomic E-state index is 0.253. The zero-order valence-electron chi connectivity index (χ0n) is 14.3. The van der Waals surface area contributed by atoms with Gasteiger partial charge in [0.05, 0.1) is 11.4 Å². The van der Waals surface area contributed by atoms with Crippen molar-refractivity contribution in [2.75, 3.05) is 6.54 Å². The molecule has 0 saturated heterocycles. The van der Waals surface area contributed by atoms with Crippen LogP contribution in [0.2, 0.25) is 5.02 Å². The van der Waals surface area contributed by atoms with Gasteiger partial charge in [-0.25, -0.2) is 4.68 Å². The summed E-state index contributed by atoms with van der Waals surface area (Å²) in [6, 6.07) is 7.29. The Bertz CT molecular complexity index is 709. The number of hydrogen-bond acceptors (Lipinski definition) is 4. The van der Waals surface area contributed by atoms with Gasteiger partial charge in [0.25, 0.3) is 5.91 Å². The molecule has 1 aromatic carbocycles.